The average molecular weight is 228 g/mol. The molecule has 1 rings (SSSR count). The van der Waals surface area contributed by atoms with Crippen LogP contribution in [-0.2, 0) is 11.2 Å². The van der Waals surface area contributed by atoms with Gasteiger partial charge in [-0.05, 0) is 6.92 Å². The van der Waals surface area contributed by atoms with Crippen LogP contribution in [-0.4, -0.2) is 39.8 Å². The summed E-state index contributed by atoms with van der Waals surface area (Å²) >= 11 is 0. The molecule has 0 saturated heterocycles. The summed E-state index contributed by atoms with van der Waals surface area (Å²) in [7, 11) is 0. The highest BCUT2D eigenvalue weighted by atomic mass is 16.5. The van der Waals surface area contributed by atoms with Crippen molar-refractivity contribution >= 4 is 12.0 Å². The molecular weight excluding hydrogens is 216 g/mol. The van der Waals surface area contributed by atoms with Gasteiger partial charge in [0.1, 0.15) is 6.04 Å². The Morgan fingerprint density at radius 3 is 2.94 bits per heavy atom. The summed E-state index contributed by atoms with van der Waals surface area (Å²) in [4.78, 5) is 25.3. The third kappa shape index (κ3) is 3.95. The quantitative estimate of drug-likeness (QED) is 0.618. The number of hydrogen-bond donors (Lipinski definition) is 3. The molecule has 3 N–H and O–H groups in total. The molecule has 0 unspecified atom stereocenters. The SMILES string of the molecule is C[C@@H](NC(=O)NCCc1ncon1)C(=O)O. The van der Waals surface area contributed by atoms with Gasteiger partial charge >= 0.3 is 12.0 Å². The van der Waals surface area contributed by atoms with E-state index in [0.29, 0.717) is 18.8 Å². The van der Waals surface area contributed by atoms with Crippen LogP contribution in [0.1, 0.15) is 12.7 Å². The van der Waals surface area contributed by atoms with Crippen LogP contribution < -0.4 is 10.6 Å². The molecule has 8 nitrogen and oxygen atoms in total. The van der Waals surface area contributed by atoms with Crippen molar-refractivity contribution in [1.82, 2.24) is 20.8 Å². The zero-order valence-corrected chi connectivity index (χ0v) is 8.64. The number of nitrogens with zero attached hydrogens (tertiary/aromatic N) is 2. The summed E-state index contributed by atoms with van der Waals surface area (Å²) in [5.41, 5.74) is 0. The van der Waals surface area contributed by atoms with Crippen LogP contribution in [0.15, 0.2) is 10.9 Å². The first-order valence-electron chi connectivity index (χ1n) is 4.62. The van der Waals surface area contributed by atoms with Crippen LogP contribution in [0, 0.1) is 0 Å². The first-order valence-corrected chi connectivity index (χ1v) is 4.62. The first kappa shape index (κ1) is 12.0. The van der Waals surface area contributed by atoms with Crippen molar-refractivity contribution in [3.05, 3.63) is 12.2 Å². The number of amides is 2. The van der Waals surface area contributed by atoms with Crippen molar-refractivity contribution in [2.24, 2.45) is 0 Å². The molecule has 0 radical (unpaired) electrons. The van der Waals surface area contributed by atoms with Crippen molar-refractivity contribution < 1.29 is 19.2 Å². The van der Waals surface area contributed by atoms with Gasteiger partial charge in [0.25, 0.3) is 0 Å². The molecular formula is C8H12N4O4. The fourth-order valence-electron chi connectivity index (χ4n) is 0.900. The van der Waals surface area contributed by atoms with Crippen LogP contribution >= 0.6 is 0 Å². The lowest BCUT2D eigenvalue weighted by molar-refractivity contribution is -0.138. The van der Waals surface area contributed by atoms with Crippen LogP contribution in [0.2, 0.25) is 0 Å². The maximum absolute atomic E-state index is 11.1. The van der Waals surface area contributed by atoms with E-state index in [1.54, 1.807) is 0 Å². The Bertz CT molecular complexity index is 351. The van der Waals surface area contributed by atoms with Crippen LogP contribution in [0.25, 0.3) is 0 Å². The number of rotatable bonds is 5. The summed E-state index contributed by atoms with van der Waals surface area (Å²) in [5.74, 6) is -0.611. The van der Waals surface area contributed by atoms with E-state index in [0.717, 1.165) is 0 Å². The Morgan fingerprint density at radius 1 is 1.62 bits per heavy atom. The van der Waals surface area contributed by atoms with Crippen LogP contribution in [0.4, 0.5) is 4.79 Å². The van der Waals surface area contributed by atoms with E-state index in [1.807, 2.05) is 0 Å². The van der Waals surface area contributed by atoms with Crippen molar-refractivity contribution in [2.75, 3.05) is 6.54 Å². The molecule has 16 heavy (non-hydrogen) atoms. The largest absolute Gasteiger partial charge is 0.480 e. The molecule has 88 valence electrons. The predicted octanol–water partition coefficient (Wildman–Crippen LogP) is -0.616. The van der Waals surface area contributed by atoms with Gasteiger partial charge in [-0.2, -0.15) is 4.98 Å². The highest BCUT2D eigenvalue weighted by Gasteiger charge is 2.13. The maximum Gasteiger partial charge on any atom is 0.325 e. The molecule has 1 heterocycles. The zero-order valence-electron chi connectivity index (χ0n) is 8.64. The summed E-state index contributed by atoms with van der Waals surface area (Å²) in [6, 6.07) is -1.47. The number of carbonyl (C=O) groups excluding carboxylic acids is 1. The van der Waals surface area contributed by atoms with E-state index in [2.05, 4.69) is 25.3 Å². The third-order valence-corrected chi connectivity index (χ3v) is 1.76. The molecule has 0 fully saturated rings. The fourth-order valence-corrected chi connectivity index (χ4v) is 0.900. The highest BCUT2D eigenvalue weighted by Crippen LogP contribution is 1.88. The lowest BCUT2D eigenvalue weighted by Crippen LogP contribution is -2.44. The number of carboxylic acids is 1. The van der Waals surface area contributed by atoms with E-state index < -0.39 is 18.0 Å². The Hall–Kier alpha value is -2.12. The molecule has 0 saturated carbocycles. The summed E-state index contributed by atoms with van der Waals surface area (Å²) < 4.78 is 4.50. The molecule has 1 aromatic rings. The standard InChI is InChI=1S/C8H12N4O4/c1-5(7(13)14)11-8(15)9-3-2-6-10-4-16-12-6/h4-5H,2-3H2,1H3,(H,13,14)(H2,9,11,15)/t5-/m1/s1. The molecule has 0 aliphatic rings. The minimum atomic E-state index is -1.09. The molecule has 1 aromatic heterocycles. The molecule has 2 amide bonds. The molecule has 0 spiro atoms. The number of carbonyl (C=O) groups is 2. The van der Waals surface area contributed by atoms with Gasteiger partial charge in [-0.1, -0.05) is 5.16 Å². The van der Waals surface area contributed by atoms with Gasteiger partial charge in [0.05, 0.1) is 0 Å². The highest BCUT2D eigenvalue weighted by molar-refractivity contribution is 5.82. The number of aliphatic carboxylic acids is 1. The predicted molar refractivity (Wildman–Crippen MR) is 51.6 cm³/mol. The maximum atomic E-state index is 11.1. The second-order valence-corrected chi connectivity index (χ2v) is 3.06. The van der Waals surface area contributed by atoms with Gasteiger partial charge in [0.15, 0.2) is 5.82 Å². The van der Waals surface area contributed by atoms with Crippen LogP contribution in [0.5, 0.6) is 0 Å². The van der Waals surface area contributed by atoms with E-state index in [4.69, 9.17) is 5.11 Å². The Labute approximate surface area is 91.0 Å². The van der Waals surface area contributed by atoms with Gasteiger partial charge in [-0.25, -0.2) is 4.79 Å². The van der Waals surface area contributed by atoms with E-state index >= 15 is 0 Å². The first-order chi connectivity index (χ1) is 7.59. The lowest BCUT2D eigenvalue weighted by atomic mass is 10.3. The van der Waals surface area contributed by atoms with Crippen molar-refractivity contribution in [3.8, 4) is 0 Å². The topological polar surface area (TPSA) is 117 Å². The number of carboxylic acid groups (broad SMARTS) is 1. The van der Waals surface area contributed by atoms with Crippen molar-refractivity contribution in [2.45, 2.75) is 19.4 Å². The van der Waals surface area contributed by atoms with Crippen LogP contribution in [0.3, 0.4) is 0 Å². The normalized spacial score (nSPS) is 11.8. The van der Waals surface area contributed by atoms with Crippen molar-refractivity contribution in [3.63, 3.8) is 0 Å². The molecule has 0 aromatic carbocycles. The Balaban J connectivity index is 2.18. The van der Waals surface area contributed by atoms with Gasteiger partial charge in [0, 0.05) is 13.0 Å². The van der Waals surface area contributed by atoms with E-state index in [9.17, 15) is 9.59 Å². The number of urea groups is 1. The Morgan fingerprint density at radius 2 is 2.38 bits per heavy atom. The molecule has 0 aliphatic heterocycles. The second kappa shape index (κ2) is 5.69. The smallest absolute Gasteiger partial charge is 0.325 e. The second-order valence-electron chi connectivity index (χ2n) is 3.06. The Kier molecular flexibility index (Phi) is 4.25. The number of nitrogens with one attached hydrogen (secondary N) is 2. The molecule has 8 heteroatoms. The minimum absolute atomic E-state index is 0.303. The minimum Gasteiger partial charge on any atom is -0.480 e. The molecule has 0 aliphatic carbocycles. The number of aromatic nitrogens is 2. The van der Waals surface area contributed by atoms with Gasteiger partial charge in [0.2, 0.25) is 6.39 Å². The monoisotopic (exact) mass is 228 g/mol. The lowest BCUT2D eigenvalue weighted by Gasteiger charge is -2.09. The summed E-state index contributed by atoms with van der Waals surface area (Å²) in [6.45, 7) is 1.68. The van der Waals surface area contributed by atoms with E-state index in [-0.39, 0.29) is 0 Å². The number of hydrogen-bond acceptors (Lipinski definition) is 5. The third-order valence-electron chi connectivity index (χ3n) is 1.76. The molecule has 1 atom stereocenters. The molecule has 0 bridgehead atoms. The van der Waals surface area contributed by atoms with Crippen molar-refractivity contribution in [1.29, 1.82) is 0 Å². The van der Waals surface area contributed by atoms with E-state index in [1.165, 1.54) is 13.3 Å². The average Bonchev–Trinajstić information content (AvgIpc) is 2.70. The summed E-state index contributed by atoms with van der Waals surface area (Å²) in [6.07, 6.45) is 1.62. The summed E-state index contributed by atoms with van der Waals surface area (Å²) in [5, 5.41) is 16.8. The fraction of sp³-hybridized carbons (Fsp3) is 0.500. The zero-order chi connectivity index (χ0) is 12.0. The van der Waals surface area contributed by atoms with Gasteiger partial charge in [-0.15, -0.1) is 0 Å². The van der Waals surface area contributed by atoms with Gasteiger partial charge < -0.3 is 20.3 Å². The van der Waals surface area contributed by atoms with Gasteiger partial charge in [-0.3, -0.25) is 4.79 Å².